The lowest BCUT2D eigenvalue weighted by atomic mass is 10.1. The molecule has 0 aliphatic heterocycles. The highest BCUT2D eigenvalue weighted by atomic mass is 35.5. The standard InChI is InChI=1S/C14H12Cl2N2O2/c15-11-6-5-10(12(16)9-11)7-8-17-13-3-1-2-4-14(13)18(19)20/h1-6,9,17H,7-8H2. The number of benzene rings is 2. The van der Waals surface area contributed by atoms with E-state index in [-0.39, 0.29) is 5.69 Å². The molecule has 2 aromatic carbocycles. The number of halogens is 2. The molecule has 0 bridgehead atoms. The summed E-state index contributed by atoms with van der Waals surface area (Å²) in [5, 5.41) is 15.1. The van der Waals surface area contributed by atoms with E-state index in [1.54, 1.807) is 30.3 Å². The molecule has 0 aliphatic carbocycles. The van der Waals surface area contributed by atoms with Crippen molar-refractivity contribution in [1.29, 1.82) is 0 Å². The third kappa shape index (κ3) is 3.62. The fourth-order valence-electron chi connectivity index (χ4n) is 1.84. The van der Waals surface area contributed by atoms with Crippen LogP contribution in [0.2, 0.25) is 10.0 Å². The summed E-state index contributed by atoms with van der Waals surface area (Å²) in [4.78, 5) is 10.5. The van der Waals surface area contributed by atoms with Gasteiger partial charge in [-0.05, 0) is 30.2 Å². The van der Waals surface area contributed by atoms with Crippen molar-refractivity contribution >= 4 is 34.6 Å². The highest BCUT2D eigenvalue weighted by Crippen LogP contribution is 2.24. The third-order valence-electron chi connectivity index (χ3n) is 2.83. The Bertz CT molecular complexity index is 632. The number of anilines is 1. The van der Waals surface area contributed by atoms with Crippen LogP contribution in [0.15, 0.2) is 42.5 Å². The van der Waals surface area contributed by atoms with Crippen molar-refractivity contribution in [3.8, 4) is 0 Å². The number of rotatable bonds is 5. The maximum Gasteiger partial charge on any atom is 0.292 e. The lowest BCUT2D eigenvalue weighted by molar-refractivity contribution is -0.384. The number of nitro groups is 1. The average molecular weight is 311 g/mol. The predicted octanol–water partition coefficient (Wildman–Crippen LogP) is 4.56. The second kappa shape index (κ2) is 6.59. The molecule has 2 rings (SSSR count). The molecule has 104 valence electrons. The Balaban J connectivity index is 2.01. The van der Waals surface area contributed by atoms with E-state index in [1.807, 2.05) is 6.07 Å². The molecule has 20 heavy (non-hydrogen) atoms. The zero-order valence-corrected chi connectivity index (χ0v) is 12.0. The molecule has 0 aromatic heterocycles. The minimum atomic E-state index is -0.405. The van der Waals surface area contributed by atoms with E-state index in [2.05, 4.69) is 5.32 Å². The van der Waals surface area contributed by atoms with E-state index in [4.69, 9.17) is 23.2 Å². The van der Waals surface area contributed by atoms with Gasteiger partial charge in [0.2, 0.25) is 0 Å². The number of hydrogen-bond donors (Lipinski definition) is 1. The van der Waals surface area contributed by atoms with Crippen LogP contribution in [-0.4, -0.2) is 11.5 Å². The zero-order valence-electron chi connectivity index (χ0n) is 10.5. The summed E-state index contributed by atoms with van der Waals surface area (Å²) in [5.41, 5.74) is 1.51. The number of hydrogen-bond acceptors (Lipinski definition) is 3. The molecule has 0 heterocycles. The number of nitrogens with zero attached hydrogens (tertiary/aromatic N) is 1. The average Bonchev–Trinajstić information content (AvgIpc) is 2.41. The molecule has 6 heteroatoms. The molecule has 0 aliphatic rings. The first-order chi connectivity index (χ1) is 9.58. The van der Waals surface area contributed by atoms with Crippen LogP contribution in [-0.2, 0) is 6.42 Å². The molecule has 0 amide bonds. The van der Waals surface area contributed by atoms with Gasteiger partial charge in [0.05, 0.1) is 4.92 Å². The minimum absolute atomic E-state index is 0.0645. The van der Waals surface area contributed by atoms with Crippen molar-refractivity contribution in [3.63, 3.8) is 0 Å². The highest BCUT2D eigenvalue weighted by Gasteiger charge is 2.11. The topological polar surface area (TPSA) is 55.2 Å². The Hall–Kier alpha value is -1.78. The van der Waals surface area contributed by atoms with Crippen molar-refractivity contribution < 1.29 is 4.92 Å². The molecular weight excluding hydrogens is 299 g/mol. The highest BCUT2D eigenvalue weighted by molar-refractivity contribution is 6.35. The van der Waals surface area contributed by atoms with Crippen LogP contribution in [0.4, 0.5) is 11.4 Å². The maximum atomic E-state index is 10.9. The first-order valence-corrected chi connectivity index (χ1v) is 6.75. The third-order valence-corrected chi connectivity index (χ3v) is 3.41. The van der Waals surface area contributed by atoms with Crippen LogP contribution in [0.25, 0.3) is 0 Å². The summed E-state index contributed by atoms with van der Waals surface area (Å²) >= 11 is 11.9. The molecular formula is C14H12Cl2N2O2. The number of para-hydroxylation sites is 2. The Labute approximate surface area is 126 Å². The lowest BCUT2D eigenvalue weighted by Crippen LogP contribution is -2.07. The van der Waals surface area contributed by atoms with Crippen molar-refractivity contribution in [2.75, 3.05) is 11.9 Å². The van der Waals surface area contributed by atoms with Crippen LogP contribution in [0.5, 0.6) is 0 Å². The van der Waals surface area contributed by atoms with E-state index in [9.17, 15) is 10.1 Å². The van der Waals surface area contributed by atoms with E-state index in [0.717, 1.165) is 5.56 Å². The molecule has 0 unspecified atom stereocenters. The van der Waals surface area contributed by atoms with E-state index < -0.39 is 4.92 Å². The molecule has 0 saturated carbocycles. The van der Waals surface area contributed by atoms with Gasteiger partial charge in [0.25, 0.3) is 5.69 Å². The van der Waals surface area contributed by atoms with Crippen molar-refractivity contribution in [3.05, 3.63) is 68.2 Å². The molecule has 0 radical (unpaired) electrons. The van der Waals surface area contributed by atoms with Crippen LogP contribution in [0.1, 0.15) is 5.56 Å². The maximum absolute atomic E-state index is 10.9. The molecule has 2 aromatic rings. The first kappa shape index (κ1) is 14.6. The Morgan fingerprint density at radius 3 is 2.60 bits per heavy atom. The van der Waals surface area contributed by atoms with Gasteiger partial charge in [-0.1, -0.05) is 41.4 Å². The second-order valence-corrected chi connectivity index (χ2v) is 5.03. The Kier molecular flexibility index (Phi) is 4.82. The largest absolute Gasteiger partial charge is 0.379 e. The quantitative estimate of drug-likeness (QED) is 0.650. The number of nitro benzene ring substituents is 1. The molecule has 0 saturated heterocycles. The zero-order chi connectivity index (χ0) is 14.5. The van der Waals surface area contributed by atoms with Gasteiger partial charge in [-0.3, -0.25) is 10.1 Å². The normalized spacial score (nSPS) is 10.3. The van der Waals surface area contributed by atoms with Crippen LogP contribution in [0.3, 0.4) is 0 Å². The van der Waals surface area contributed by atoms with Crippen molar-refractivity contribution in [1.82, 2.24) is 0 Å². The van der Waals surface area contributed by atoms with Gasteiger partial charge >= 0.3 is 0 Å². The summed E-state index contributed by atoms with van der Waals surface area (Å²) < 4.78 is 0. The van der Waals surface area contributed by atoms with Crippen LogP contribution >= 0.6 is 23.2 Å². The van der Waals surface area contributed by atoms with Crippen LogP contribution < -0.4 is 5.32 Å². The van der Waals surface area contributed by atoms with Crippen LogP contribution in [0, 0.1) is 10.1 Å². The smallest absolute Gasteiger partial charge is 0.292 e. The van der Waals surface area contributed by atoms with Gasteiger partial charge in [-0.15, -0.1) is 0 Å². The molecule has 4 nitrogen and oxygen atoms in total. The SMILES string of the molecule is O=[N+]([O-])c1ccccc1NCCc1ccc(Cl)cc1Cl. The fraction of sp³-hybridized carbons (Fsp3) is 0.143. The van der Waals surface area contributed by atoms with E-state index >= 15 is 0 Å². The Morgan fingerprint density at radius 2 is 1.90 bits per heavy atom. The fourth-order valence-corrected chi connectivity index (χ4v) is 2.34. The Morgan fingerprint density at radius 1 is 1.15 bits per heavy atom. The van der Waals surface area contributed by atoms with Gasteiger partial charge in [-0.25, -0.2) is 0 Å². The summed E-state index contributed by atoms with van der Waals surface area (Å²) in [6, 6.07) is 11.9. The second-order valence-electron chi connectivity index (χ2n) is 4.19. The van der Waals surface area contributed by atoms with E-state index in [0.29, 0.717) is 28.7 Å². The van der Waals surface area contributed by atoms with Crippen molar-refractivity contribution in [2.45, 2.75) is 6.42 Å². The predicted molar refractivity (Wildman–Crippen MR) is 81.8 cm³/mol. The molecule has 1 N–H and O–H groups in total. The summed E-state index contributed by atoms with van der Waals surface area (Å²) in [6.07, 6.45) is 0.655. The number of nitrogens with one attached hydrogen (secondary N) is 1. The first-order valence-electron chi connectivity index (χ1n) is 5.99. The molecule has 0 fully saturated rings. The minimum Gasteiger partial charge on any atom is -0.379 e. The summed E-state index contributed by atoms with van der Waals surface area (Å²) in [5.74, 6) is 0. The summed E-state index contributed by atoms with van der Waals surface area (Å²) in [6.45, 7) is 0.548. The van der Waals surface area contributed by atoms with Gasteiger partial charge < -0.3 is 5.32 Å². The van der Waals surface area contributed by atoms with Gasteiger partial charge in [0, 0.05) is 22.7 Å². The molecule has 0 spiro atoms. The van der Waals surface area contributed by atoms with E-state index in [1.165, 1.54) is 6.07 Å². The summed E-state index contributed by atoms with van der Waals surface area (Å²) in [7, 11) is 0. The monoisotopic (exact) mass is 310 g/mol. The van der Waals surface area contributed by atoms with Gasteiger partial charge in [0.1, 0.15) is 5.69 Å². The molecule has 0 atom stereocenters. The van der Waals surface area contributed by atoms with Gasteiger partial charge in [0.15, 0.2) is 0 Å². The van der Waals surface area contributed by atoms with Gasteiger partial charge in [-0.2, -0.15) is 0 Å². The van der Waals surface area contributed by atoms with Crippen molar-refractivity contribution in [2.24, 2.45) is 0 Å². The lowest BCUT2D eigenvalue weighted by Gasteiger charge is -2.08.